The van der Waals surface area contributed by atoms with Crippen molar-refractivity contribution in [3.8, 4) is 0 Å². The summed E-state index contributed by atoms with van der Waals surface area (Å²) >= 11 is 0. The van der Waals surface area contributed by atoms with E-state index in [-0.39, 0.29) is 0 Å². The number of rotatable bonds is 7. The Bertz CT molecular complexity index is 664. The Hall–Kier alpha value is -2.47. The van der Waals surface area contributed by atoms with Gasteiger partial charge in [0.1, 0.15) is 5.56 Å². The Labute approximate surface area is 133 Å². The largest absolute Gasteiger partial charge is 0.455 e. The molecular formula is C12H7F8NO4. The summed E-state index contributed by atoms with van der Waals surface area (Å²) in [6, 6.07) is 3.61. The van der Waals surface area contributed by atoms with E-state index >= 15 is 0 Å². The number of halogens is 8. The van der Waals surface area contributed by atoms with E-state index in [1.54, 1.807) is 0 Å². The van der Waals surface area contributed by atoms with Crippen LogP contribution in [0, 0.1) is 10.1 Å². The Balaban J connectivity index is 3.00. The second-order valence-corrected chi connectivity index (χ2v) is 4.55. The maximum absolute atomic E-state index is 13.2. The van der Waals surface area contributed by atoms with Crippen LogP contribution >= 0.6 is 0 Å². The monoisotopic (exact) mass is 381 g/mol. The number of nitro groups is 1. The topological polar surface area (TPSA) is 69.4 Å². The Kier molecular flexibility index (Phi) is 5.60. The van der Waals surface area contributed by atoms with Crippen LogP contribution in [0.25, 0.3) is 0 Å². The van der Waals surface area contributed by atoms with Gasteiger partial charge in [0, 0.05) is 6.07 Å². The summed E-state index contributed by atoms with van der Waals surface area (Å²) in [6.07, 6.45) is -5.11. The number of para-hydroxylation sites is 1. The van der Waals surface area contributed by atoms with Crippen LogP contribution in [0.15, 0.2) is 24.3 Å². The Morgan fingerprint density at radius 2 is 1.64 bits per heavy atom. The third-order valence-electron chi connectivity index (χ3n) is 2.86. The predicted octanol–water partition coefficient (Wildman–Crippen LogP) is 3.92. The van der Waals surface area contributed by atoms with Crippen LogP contribution in [-0.4, -0.2) is 41.7 Å². The van der Waals surface area contributed by atoms with E-state index < -0.39 is 52.9 Å². The molecule has 0 aliphatic carbocycles. The minimum Gasteiger partial charge on any atom is -0.455 e. The lowest BCUT2D eigenvalue weighted by Crippen LogP contribution is -2.59. The van der Waals surface area contributed by atoms with Crippen molar-refractivity contribution >= 4 is 11.7 Å². The van der Waals surface area contributed by atoms with Crippen LogP contribution in [0.3, 0.4) is 0 Å². The Morgan fingerprint density at radius 3 is 2.12 bits per heavy atom. The molecule has 0 unspecified atom stereocenters. The molecule has 0 spiro atoms. The van der Waals surface area contributed by atoms with Gasteiger partial charge in [0.2, 0.25) is 0 Å². The number of ether oxygens (including phenoxy) is 1. The minimum atomic E-state index is -6.54. The number of benzene rings is 1. The molecule has 25 heavy (non-hydrogen) atoms. The summed E-state index contributed by atoms with van der Waals surface area (Å²) in [6.45, 7) is -2.70. The zero-order valence-corrected chi connectivity index (χ0v) is 11.7. The first-order valence-electron chi connectivity index (χ1n) is 6.08. The lowest BCUT2D eigenvalue weighted by Gasteiger charge is -2.31. The number of hydrogen-bond donors (Lipinski definition) is 0. The van der Waals surface area contributed by atoms with Gasteiger partial charge >= 0.3 is 30.2 Å². The van der Waals surface area contributed by atoms with Crippen LogP contribution in [0.5, 0.6) is 0 Å². The molecule has 0 aromatic heterocycles. The van der Waals surface area contributed by atoms with E-state index in [2.05, 4.69) is 4.74 Å². The first kappa shape index (κ1) is 20.6. The maximum atomic E-state index is 13.2. The number of alkyl halides is 8. The molecule has 0 N–H and O–H groups in total. The van der Waals surface area contributed by atoms with Crippen molar-refractivity contribution in [2.24, 2.45) is 0 Å². The first-order chi connectivity index (χ1) is 11.3. The third-order valence-corrected chi connectivity index (χ3v) is 2.86. The van der Waals surface area contributed by atoms with Gasteiger partial charge < -0.3 is 4.74 Å². The fourth-order valence-corrected chi connectivity index (χ4v) is 1.51. The smallest absolute Gasteiger partial charge is 0.381 e. The molecule has 140 valence electrons. The van der Waals surface area contributed by atoms with Crippen molar-refractivity contribution in [1.82, 2.24) is 0 Å². The van der Waals surface area contributed by atoms with Crippen LogP contribution < -0.4 is 0 Å². The third kappa shape index (κ3) is 3.79. The molecule has 1 rings (SSSR count). The highest BCUT2D eigenvalue weighted by Gasteiger charge is 2.75. The summed E-state index contributed by atoms with van der Waals surface area (Å²) in [5.41, 5.74) is -1.85. The highest BCUT2D eigenvalue weighted by atomic mass is 19.4. The summed E-state index contributed by atoms with van der Waals surface area (Å²) in [7, 11) is 0. The summed E-state index contributed by atoms with van der Waals surface area (Å²) in [5, 5.41) is 10.6. The average Bonchev–Trinajstić information content (AvgIpc) is 2.52. The SMILES string of the molecule is O=C(OCC(F)(F)C(F)(F)C(F)(F)C(F)F)c1ccccc1[N+](=O)[O-]. The number of nitro benzene ring substituents is 1. The zero-order valence-electron chi connectivity index (χ0n) is 11.7. The molecule has 0 radical (unpaired) electrons. The molecule has 0 fully saturated rings. The molecule has 0 aliphatic heterocycles. The van der Waals surface area contributed by atoms with Crippen molar-refractivity contribution < 1.29 is 49.6 Å². The highest BCUT2D eigenvalue weighted by molar-refractivity contribution is 5.93. The summed E-state index contributed by atoms with van der Waals surface area (Å²) < 4.78 is 105. The maximum Gasteiger partial charge on any atom is 0.381 e. The number of esters is 1. The van der Waals surface area contributed by atoms with E-state index in [0.29, 0.717) is 0 Å². The van der Waals surface area contributed by atoms with Crippen LogP contribution in [0.4, 0.5) is 40.8 Å². The van der Waals surface area contributed by atoms with Gasteiger partial charge in [-0.25, -0.2) is 13.6 Å². The molecule has 1 aromatic carbocycles. The summed E-state index contributed by atoms with van der Waals surface area (Å²) in [4.78, 5) is 21.0. The van der Waals surface area contributed by atoms with Gasteiger partial charge in [0.15, 0.2) is 6.61 Å². The molecule has 5 nitrogen and oxygen atoms in total. The lowest BCUT2D eigenvalue weighted by atomic mass is 10.1. The van der Waals surface area contributed by atoms with Crippen molar-refractivity contribution in [1.29, 1.82) is 0 Å². The lowest BCUT2D eigenvalue weighted by molar-refractivity contribution is -0.385. The molecule has 0 saturated heterocycles. The van der Waals surface area contributed by atoms with Gasteiger partial charge in [0.05, 0.1) is 4.92 Å². The average molecular weight is 381 g/mol. The van der Waals surface area contributed by atoms with Gasteiger partial charge in [-0.1, -0.05) is 12.1 Å². The standard InChI is InChI=1S/C12H7F8NO4/c13-9(14)11(17,18)12(19,20)10(15,16)5-25-8(22)6-3-1-2-4-7(6)21(23)24/h1-4,9H,5H2. The summed E-state index contributed by atoms with van der Waals surface area (Å²) in [5.74, 6) is -20.7. The van der Waals surface area contributed by atoms with Gasteiger partial charge in [-0.05, 0) is 6.07 Å². The fraction of sp³-hybridized carbons (Fsp3) is 0.417. The number of nitrogens with zero attached hydrogens (tertiary/aromatic N) is 1. The van der Waals surface area contributed by atoms with Gasteiger partial charge in [-0.15, -0.1) is 0 Å². The van der Waals surface area contributed by atoms with Crippen molar-refractivity contribution in [3.63, 3.8) is 0 Å². The van der Waals surface area contributed by atoms with E-state index in [1.807, 2.05) is 0 Å². The quantitative estimate of drug-likeness (QED) is 0.311. The molecule has 0 aliphatic rings. The van der Waals surface area contributed by atoms with Gasteiger partial charge in [-0.3, -0.25) is 10.1 Å². The van der Waals surface area contributed by atoms with E-state index in [4.69, 9.17) is 0 Å². The number of hydrogen-bond acceptors (Lipinski definition) is 4. The molecule has 13 heteroatoms. The number of carbonyl (C=O) groups excluding carboxylic acids is 1. The van der Waals surface area contributed by atoms with Crippen molar-refractivity contribution in [3.05, 3.63) is 39.9 Å². The minimum absolute atomic E-state index is 0.727. The molecule has 1 aromatic rings. The van der Waals surface area contributed by atoms with Crippen molar-refractivity contribution in [2.45, 2.75) is 24.2 Å². The molecular weight excluding hydrogens is 374 g/mol. The van der Waals surface area contributed by atoms with Crippen LogP contribution in [-0.2, 0) is 4.74 Å². The van der Waals surface area contributed by atoms with E-state index in [9.17, 15) is 50.0 Å². The normalized spacial score (nSPS) is 13.0. The zero-order chi connectivity index (χ0) is 19.6. The van der Waals surface area contributed by atoms with E-state index in [1.165, 1.54) is 0 Å². The van der Waals surface area contributed by atoms with Crippen LogP contribution in [0.1, 0.15) is 10.4 Å². The molecule has 0 atom stereocenters. The molecule has 0 amide bonds. The first-order valence-corrected chi connectivity index (χ1v) is 6.08. The van der Waals surface area contributed by atoms with Gasteiger partial charge in [0.25, 0.3) is 5.69 Å². The van der Waals surface area contributed by atoms with Crippen LogP contribution in [0.2, 0.25) is 0 Å². The second kappa shape index (κ2) is 6.80. The second-order valence-electron chi connectivity index (χ2n) is 4.55. The molecule has 0 saturated carbocycles. The fourth-order valence-electron chi connectivity index (χ4n) is 1.51. The van der Waals surface area contributed by atoms with E-state index in [0.717, 1.165) is 24.3 Å². The number of carbonyl (C=O) groups is 1. The molecule has 0 bridgehead atoms. The predicted molar refractivity (Wildman–Crippen MR) is 64.2 cm³/mol. The van der Waals surface area contributed by atoms with Gasteiger partial charge in [-0.2, -0.15) is 26.3 Å². The Morgan fingerprint density at radius 1 is 1.12 bits per heavy atom. The highest BCUT2D eigenvalue weighted by Crippen LogP contribution is 2.48. The molecule has 0 heterocycles. The van der Waals surface area contributed by atoms with Crippen molar-refractivity contribution in [2.75, 3.05) is 6.61 Å².